The van der Waals surface area contributed by atoms with Gasteiger partial charge in [-0.15, -0.1) is 10.1 Å². The molecular formula is C12H17NO10. The maximum atomic E-state index is 11.3. The Balaban J connectivity index is 3.15. The highest BCUT2D eigenvalue weighted by molar-refractivity contribution is 5.68. The van der Waals surface area contributed by atoms with E-state index in [0.717, 1.165) is 20.8 Å². The second-order valence-electron chi connectivity index (χ2n) is 4.76. The molecule has 5 atom stereocenters. The van der Waals surface area contributed by atoms with E-state index in [2.05, 4.69) is 4.84 Å². The molecule has 0 saturated carbocycles. The third-order valence-corrected chi connectivity index (χ3v) is 2.82. The van der Waals surface area contributed by atoms with Crippen LogP contribution in [0.1, 0.15) is 27.7 Å². The standard InChI is InChI=1S/C12H17NO10/c1-5-9(20-6(2)14)10(21-7(3)15)11(22-8(4)16)12(19-5)23-13(17)18/h5,9-12H,1-4H3/t5-,9+,10+,11-,12-/m0/s1. The molecule has 0 aromatic carbocycles. The Morgan fingerprint density at radius 3 is 1.78 bits per heavy atom. The van der Waals surface area contributed by atoms with Gasteiger partial charge in [0.15, 0.2) is 18.3 Å². The maximum absolute atomic E-state index is 11.3. The van der Waals surface area contributed by atoms with Gasteiger partial charge in [0.2, 0.25) is 6.29 Å². The van der Waals surface area contributed by atoms with Crippen LogP contribution in [0.5, 0.6) is 0 Å². The molecule has 0 radical (unpaired) electrons. The summed E-state index contributed by atoms with van der Waals surface area (Å²) >= 11 is 0. The highest BCUT2D eigenvalue weighted by Gasteiger charge is 2.51. The molecule has 0 aromatic heterocycles. The number of nitrogens with zero attached hydrogens (tertiary/aromatic N) is 1. The average Bonchev–Trinajstić information content (AvgIpc) is 2.36. The first-order chi connectivity index (χ1) is 10.6. The van der Waals surface area contributed by atoms with Gasteiger partial charge in [0.05, 0.1) is 6.10 Å². The van der Waals surface area contributed by atoms with Crippen molar-refractivity contribution >= 4 is 17.9 Å². The van der Waals surface area contributed by atoms with Gasteiger partial charge in [-0.1, -0.05) is 0 Å². The molecule has 0 bridgehead atoms. The first-order valence-corrected chi connectivity index (χ1v) is 6.60. The fraction of sp³-hybridized carbons (Fsp3) is 0.750. The third-order valence-electron chi connectivity index (χ3n) is 2.82. The van der Waals surface area contributed by atoms with E-state index in [4.69, 9.17) is 18.9 Å². The normalized spacial score (nSPS) is 30.0. The molecule has 0 spiro atoms. The summed E-state index contributed by atoms with van der Waals surface area (Å²) in [6, 6.07) is 0. The Bertz CT molecular complexity index is 492. The molecular weight excluding hydrogens is 318 g/mol. The summed E-state index contributed by atoms with van der Waals surface area (Å²) in [6.45, 7) is 4.69. The van der Waals surface area contributed by atoms with E-state index in [-0.39, 0.29) is 0 Å². The van der Waals surface area contributed by atoms with Crippen LogP contribution in [0.15, 0.2) is 0 Å². The zero-order valence-electron chi connectivity index (χ0n) is 12.9. The van der Waals surface area contributed by atoms with E-state index in [1.807, 2.05) is 0 Å². The van der Waals surface area contributed by atoms with Crippen LogP contribution < -0.4 is 0 Å². The number of ether oxygens (including phenoxy) is 4. The first-order valence-electron chi connectivity index (χ1n) is 6.60. The minimum absolute atomic E-state index is 0.696. The molecule has 130 valence electrons. The first kappa shape index (κ1) is 18.6. The van der Waals surface area contributed by atoms with Gasteiger partial charge >= 0.3 is 17.9 Å². The van der Waals surface area contributed by atoms with Crippen LogP contribution in [-0.4, -0.2) is 53.7 Å². The number of rotatable bonds is 5. The largest absolute Gasteiger partial charge is 0.456 e. The monoisotopic (exact) mass is 335 g/mol. The molecule has 1 fully saturated rings. The van der Waals surface area contributed by atoms with Gasteiger partial charge in [-0.3, -0.25) is 19.2 Å². The number of carbonyl (C=O) groups is 3. The second kappa shape index (κ2) is 7.72. The van der Waals surface area contributed by atoms with Gasteiger partial charge in [0, 0.05) is 20.8 Å². The predicted octanol–water partition coefficient (Wildman–Crippen LogP) is -0.265. The van der Waals surface area contributed by atoms with Crippen LogP contribution in [-0.2, 0) is 38.2 Å². The van der Waals surface area contributed by atoms with E-state index in [0.29, 0.717) is 0 Å². The van der Waals surface area contributed by atoms with Crippen molar-refractivity contribution in [1.82, 2.24) is 0 Å². The van der Waals surface area contributed by atoms with Crippen molar-refractivity contribution in [2.45, 2.75) is 58.4 Å². The second-order valence-corrected chi connectivity index (χ2v) is 4.76. The van der Waals surface area contributed by atoms with Crippen LogP contribution in [0, 0.1) is 10.1 Å². The van der Waals surface area contributed by atoms with Gasteiger partial charge in [0.25, 0.3) is 5.09 Å². The van der Waals surface area contributed by atoms with E-state index < -0.39 is 53.7 Å². The lowest BCUT2D eigenvalue weighted by Crippen LogP contribution is -2.61. The number of hydrogen-bond acceptors (Lipinski definition) is 10. The summed E-state index contributed by atoms with van der Waals surface area (Å²) in [5.41, 5.74) is 0. The van der Waals surface area contributed by atoms with Crippen LogP contribution in [0.25, 0.3) is 0 Å². The fourth-order valence-electron chi connectivity index (χ4n) is 2.14. The number of esters is 3. The van der Waals surface area contributed by atoms with Crippen molar-refractivity contribution < 1.29 is 43.3 Å². The Morgan fingerprint density at radius 2 is 1.35 bits per heavy atom. The molecule has 0 N–H and O–H groups in total. The summed E-state index contributed by atoms with van der Waals surface area (Å²) in [7, 11) is 0. The highest BCUT2D eigenvalue weighted by atomic mass is 17.0. The third kappa shape index (κ3) is 5.36. The predicted molar refractivity (Wildman–Crippen MR) is 69.1 cm³/mol. The molecule has 23 heavy (non-hydrogen) atoms. The highest BCUT2D eigenvalue weighted by Crippen LogP contribution is 2.29. The molecule has 1 aliphatic heterocycles. The van der Waals surface area contributed by atoms with Gasteiger partial charge < -0.3 is 18.9 Å². The summed E-state index contributed by atoms with van der Waals surface area (Å²) in [5, 5.41) is 9.43. The van der Waals surface area contributed by atoms with Crippen molar-refractivity contribution in [3.63, 3.8) is 0 Å². The van der Waals surface area contributed by atoms with E-state index >= 15 is 0 Å². The minimum atomic E-state index is -1.64. The van der Waals surface area contributed by atoms with Gasteiger partial charge in [0.1, 0.15) is 0 Å². The smallest absolute Gasteiger partial charge is 0.303 e. The van der Waals surface area contributed by atoms with Crippen LogP contribution in [0.4, 0.5) is 0 Å². The summed E-state index contributed by atoms with van der Waals surface area (Å²) in [5.74, 6) is -2.28. The summed E-state index contributed by atoms with van der Waals surface area (Å²) < 4.78 is 20.2. The van der Waals surface area contributed by atoms with Crippen molar-refractivity contribution in [3.05, 3.63) is 10.1 Å². The van der Waals surface area contributed by atoms with Crippen LogP contribution in [0.3, 0.4) is 0 Å². The van der Waals surface area contributed by atoms with E-state index in [1.165, 1.54) is 6.92 Å². The number of hydrogen-bond donors (Lipinski definition) is 0. The van der Waals surface area contributed by atoms with Gasteiger partial charge in [-0.05, 0) is 6.92 Å². The topological polar surface area (TPSA) is 140 Å². The molecule has 0 unspecified atom stereocenters. The van der Waals surface area contributed by atoms with E-state index in [1.54, 1.807) is 0 Å². The minimum Gasteiger partial charge on any atom is -0.456 e. The zero-order chi connectivity index (χ0) is 17.7. The van der Waals surface area contributed by atoms with Crippen LogP contribution in [0.2, 0.25) is 0 Å². The molecule has 1 heterocycles. The molecule has 1 saturated heterocycles. The van der Waals surface area contributed by atoms with Crippen LogP contribution >= 0.6 is 0 Å². The van der Waals surface area contributed by atoms with Crippen molar-refractivity contribution in [3.8, 4) is 0 Å². The fourth-order valence-corrected chi connectivity index (χ4v) is 2.14. The Morgan fingerprint density at radius 1 is 0.913 bits per heavy atom. The maximum Gasteiger partial charge on any atom is 0.303 e. The summed E-state index contributed by atoms with van der Waals surface area (Å²) in [4.78, 5) is 48.6. The lowest BCUT2D eigenvalue weighted by molar-refractivity contribution is -0.785. The molecule has 11 heteroatoms. The zero-order valence-corrected chi connectivity index (χ0v) is 12.9. The average molecular weight is 335 g/mol. The van der Waals surface area contributed by atoms with E-state index in [9.17, 15) is 24.5 Å². The molecule has 0 aromatic rings. The van der Waals surface area contributed by atoms with Gasteiger partial charge in [-0.2, -0.15) is 0 Å². The Labute approximate surface area is 130 Å². The SMILES string of the molecule is CC(=O)O[C@H]1[C@H](OC(C)=O)[C@H](O[N+](=O)[O-])O[C@@H](C)[C@H]1OC(C)=O. The van der Waals surface area contributed by atoms with Crippen molar-refractivity contribution in [1.29, 1.82) is 0 Å². The van der Waals surface area contributed by atoms with Crippen molar-refractivity contribution in [2.75, 3.05) is 0 Å². The molecule has 0 aliphatic carbocycles. The lowest BCUT2D eigenvalue weighted by Gasteiger charge is -2.42. The quantitative estimate of drug-likeness (QED) is 0.285. The van der Waals surface area contributed by atoms with Crippen molar-refractivity contribution in [2.24, 2.45) is 0 Å². The van der Waals surface area contributed by atoms with Gasteiger partial charge in [-0.25, -0.2) is 0 Å². The molecule has 1 rings (SSSR count). The number of carbonyl (C=O) groups excluding carboxylic acids is 3. The molecule has 1 aliphatic rings. The summed E-state index contributed by atoms with van der Waals surface area (Å²) in [6.07, 6.45) is -6.50. The Kier molecular flexibility index (Phi) is 6.25. The lowest BCUT2D eigenvalue weighted by atomic mass is 9.99. The molecule has 11 nitrogen and oxygen atoms in total. The Hall–Kier alpha value is -2.43. The molecule has 0 amide bonds.